The third-order valence-corrected chi connectivity index (χ3v) is 1.89. The number of methoxy groups -OCH3 is 1. The summed E-state index contributed by atoms with van der Waals surface area (Å²) in [4.78, 5) is 22.2. The number of fused-ring (bicyclic) bond motifs is 1. The van der Waals surface area contributed by atoms with Gasteiger partial charge >= 0.3 is 5.56 Å². The summed E-state index contributed by atoms with van der Waals surface area (Å²) in [6.45, 7) is 0. The summed E-state index contributed by atoms with van der Waals surface area (Å²) < 4.78 is 9.79. The molecule has 2 rings (SSSR count). The lowest BCUT2D eigenvalue weighted by molar-refractivity contribution is 0.407. The van der Waals surface area contributed by atoms with E-state index in [1.165, 1.54) is 19.2 Å². The minimum Gasteiger partial charge on any atom is -0.497 e. The normalized spacial score (nSPS) is 10.4. The van der Waals surface area contributed by atoms with Crippen LogP contribution in [-0.2, 0) is 0 Å². The average Bonchev–Trinajstić information content (AvgIpc) is 2.23. The Labute approximate surface area is 77.9 Å². The van der Waals surface area contributed by atoms with Gasteiger partial charge in [-0.15, -0.1) is 0 Å². The summed E-state index contributed by atoms with van der Waals surface area (Å²) in [5.74, 6) is 0.563. The van der Waals surface area contributed by atoms with Crippen molar-refractivity contribution in [1.29, 1.82) is 0 Å². The van der Waals surface area contributed by atoms with Gasteiger partial charge in [0.05, 0.1) is 12.5 Å². The molecule has 0 bridgehead atoms. The molecular weight excluding hydrogens is 186 g/mol. The van der Waals surface area contributed by atoms with Crippen LogP contribution < -0.4 is 15.7 Å². The number of nitrogens with one attached hydrogen (secondary N) is 1. The lowest BCUT2D eigenvalue weighted by atomic mass is 10.2. The molecule has 0 atom stereocenters. The molecule has 0 aliphatic heterocycles. The van der Waals surface area contributed by atoms with Crippen molar-refractivity contribution in [3.05, 3.63) is 38.8 Å². The predicted molar refractivity (Wildman–Crippen MR) is 49.7 cm³/mol. The zero-order valence-corrected chi connectivity index (χ0v) is 7.37. The van der Waals surface area contributed by atoms with Gasteiger partial charge < -0.3 is 9.26 Å². The van der Waals surface area contributed by atoms with Crippen molar-refractivity contribution >= 4 is 11.0 Å². The molecule has 0 saturated carbocycles. The maximum absolute atomic E-state index is 11.3. The van der Waals surface area contributed by atoms with E-state index >= 15 is 0 Å². The van der Waals surface area contributed by atoms with Crippen molar-refractivity contribution in [3.63, 3.8) is 0 Å². The minimum atomic E-state index is -0.761. The SMILES string of the molecule is COc1ccc2c(=O)c(=O)[nH]oc2c1. The first-order valence-electron chi connectivity index (χ1n) is 3.92. The van der Waals surface area contributed by atoms with Gasteiger partial charge in [-0.25, -0.2) is 0 Å². The molecule has 2 aromatic rings. The number of H-pyrrole nitrogens is 1. The van der Waals surface area contributed by atoms with Crippen molar-refractivity contribution in [2.24, 2.45) is 0 Å². The quantitative estimate of drug-likeness (QED) is 0.669. The van der Waals surface area contributed by atoms with Gasteiger partial charge in [0.2, 0.25) is 0 Å². The van der Waals surface area contributed by atoms with Crippen molar-refractivity contribution in [2.75, 3.05) is 7.11 Å². The highest BCUT2D eigenvalue weighted by molar-refractivity contribution is 5.77. The molecule has 5 nitrogen and oxygen atoms in total. The summed E-state index contributed by atoms with van der Waals surface area (Å²) in [6.07, 6.45) is 0. The number of hydrogen-bond donors (Lipinski definition) is 1. The Balaban J connectivity index is 2.88. The molecule has 72 valence electrons. The molecule has 0 fully saturated rings. The standard InChI is InChI=1S/C9H7NO4/c1-13-5-2-3-6-7(4-5)14-10-9(12)8(6)11/h2-4H,1H3,(H,10,12). The van der Waals surface area contributed by atoms with Crippen LogP contribution in [0.25, 0.3) is 11.0 Å². The van der Waals surface area contributed by atoms with Crippen LogP contribution in [0.5, 0.6) is 5.75 Å². The Hall–Kier alpha value is -2.04. The minimum absolute atomic E-state index is 0.245. The van der Waals surface area contributed by atoms with Crippen molar-refractivity contribution in [3.8, 4) is 5.75 Å². The summed E-state index contributed by atoms with van der Waals surface area (Å²) in [5, 5.41) is 2.24. The van der Waals surface area contributed by atoms with E-state index in [0.717, 1.165) is 0 Å². The van der Waals surface area contributed by atoms with Gasteiger partial charge in [-0.3, -0.25) is 9.59 Å². The fraction of sp³-hybridized carbons (Fsp3) is 0.111. The molecule has 0 unspecified atom stereocenters. The second kappa shape index (κ2) is 3.02. The van der Waals surface area contributed by atoms with Gasteiger partial charge in [-0.1, -0.05) is 0 Å². The van der Waals surface area contributed by atoms with E-state index < -0.39 is 11.0 Å². The number of rotatable bonds is 1. The zero-order chi connectivity index (χ0) is 10.1. The second-order valence-electron chi connectivity index (χ2n) is 2.72. The topological polar surface area (TPSA) is 72.3 Å². The molecular formula is C9H7NO4. The van der Waals surface area contributed by atoms with E-state index in [1.807, 2.05) is 5.16 Å². The summed E-state index contributed by atoms with van der Waals surface area (Å²) in [6, 6.07) is 4.63. The maximum Gasteiger partial charge on any atom is 0.325 e. The molecule has 1 aromatic carbocycles. The van der Waals surface area contributed by atoms with Gasteiger partial charge in [0.1, 0.15) is 5.75 Å². The fourth-order valence-electron chi connectivity index (χ4n) is 1.17. The Morgan fingerprint density at radius 3 is 2.86 bits per heavy atom. The molecule has 0 radical (unpaired) electrons. The van der Waals surface area contributed by atoms with E-state index in [-0.39, 0.29) is 5.39 Å². The monoisotopic (exact) mass is 193 g/mol. The number of aromatic nitrogens is 1. The molecule has 1 N–H and O–H groups in total. The molecule has 5 heteroatoms. The Morgan fingerprint density at radius 2 is 2.14 bits per heavy atom. The highest BCUT2D eigenvalue weighted by atomic mass is 16.5. The van der Waals surface area contributed by atoms with Crippen molar-refractivity contribution in [2.45, 2.75) is 0 Å². The summed E-state index contributed by atoms with van der Waals surface area (Å²) >= 11 is 0. The Morgan fingerprint density at radius 1 is 1.36 bits per heavy atom. The molecule has 0 amide bonds. The first kappa shape index (κ1) is 8.55. The van der Waals surface area contributed by atoms with E-state index in [0.29, 0.717) is 11.3 Å². The number of aromatic amines is 1. The Bertz CT molecular complexity index is 581. The van der Waals surface area contributed by atoms with Crippen molar-refractivity contribution < 1.29 is 9.26 Å². The molecule has 14 heavy (non-hydrogen) atoms. The first-order chi connectivity index (χ1) is 6.72. The number of hydrogen-bond acceptors (Lipinski definition) is 4. The maximum atomic E-state index is 11.3. The lowest BCUT2D eigenvalue weighted by Crippen LogP contribution is -2.25. The van der Waals surface area contributed by atoms with E-state index in [2.05, 4.69) is 0 Å². The van der Waals surface area contributed by atoms with E-state index in [9.17, 15) is 9.59 Å². The van der Waals surface area contributed by atoms with Gasteiger partial charge in [-0.05, 0) is 12.1 Å². The predicted octanol–water partition coefficient (Wildman–Crippen LogP) is 0.490. The second-order valence-corrected chi connectivity index (χ2v) is 2.72. The van der Waals surface area contributed by atoms with Crippen LogP contribution in [-0.4, -0.2) is 12.3 Å². The third-order valence-electron chi connectivity index (χ3n) is 1.89. The van der Waals surface area contributed by atoms with Crippen LogP contribution in [0.2, 0.25) is 0 Å². The van der Waals surface area contributed by atoms with Crippen LogP contribution in [0.15, 0.2) is 32.3 Å². The van der Waals surface area contributed by atoms with E-state index in [1.54, 1.807) is 6.07 Å². The third kappa shape index (κ3) is 1.19. The number of ether oxygens (including phenoxy) is 1. The van der Waals surface area contributed by atoms with Gasteiger partial charge in [0.25, 0.3) is 5.43 Å². The molecule has 1 heterocycles. The molecule has 0 aliphatic rings. The van der Waals surface area contributed by atoms with Crippen molar-refractivity contribution in [1.82, 2.24) is 5.16 Å². The van der Waals surface area contributed by atoms with Gasteiger partial charge in [0.15, 0.2) is 5.58 Å². The number of benzene rings is 1. The molecule has 1 aromatic heterocycles. The lowest BCUT2D eigenvalue weighted by Gasteiger charge is -1.99. The van der Waals surface area contributed by atoms with Crippen LogP contribution in [0.3, 0.4) is 0 Å². The highest BCUT2D eigenvalue weighted by Crippen LogP contribution is 2.16. The fourth-order valence-corrected chi connectivity index (χ4v) is 1.17. The molecule has 0 spiro atoms. The largest absolute Gasteiger partial charge is 0.497 e. The molecule has 0 saturated heterocycles. The zero-order valence-electron chi connectivity index (χ0n) is 7.37. The van der Waals surface area contributed by atoms with Crippen LogP contribution in [0.4, 0.5) is 0 Å². The Kier molecular flexibility index (Phi) is 1.85. The van der Waals surface area contributed by atoms with Crippen LogP contribution in [0.1, 0.15) is 0 Å². The van der Waals surface area contributed by atoms with Gasteiger partial charge in [0, 0.05) is 6.07 Å². The van der Waals surface area contributed by atoms with Crippen LogP contribution >= 0.6 is 0 Å². The smallest absolute Gasteiger partial charge is 0.325 e. The summed E-state index contributed by atoms with van der Waals surface area (Å²) in [7, 11) is 1.50. The highest BCUT2D eigenvalue weighted by Gasteiger charge is 2.04. The first-order valence-corrected chi connectivity index (χ1v) is 3.92. The average molecular weight is 193 g/mol. The van der Waals surface area contributed by atoms with Crippen LogP contribution in [0, 0.1) is 0 Å². The molecule has 0 aliphatic carbocycles. The van der Waals surface area contributed by atoms with Gasteiger partial charge in [-0.2, -0.15) is 5.16 Å². The van der Waals surface area contributed by atoms with E-state index in [4.69, 9.17) is 9.26 Å². The summed E-state index contributed by atoms with van der Waals surface area (Å²) in [5.41, 5.74) is -1.06.